The molecule has 1 heterocycles. The summed E-state index contributed by atoms with van der Waals surface area (Å²) in [5, 5.41) is 0. The molecule has 0 saturated heterocycles. The fourth-order valence-electron chi connectivity index (χ4n) is 4.10. The molecule has 1 aromatic heterocycles. The van der Waals surface area contributed by atoms with Crippen LogP contribution in [-0.2, 0) is 19.1 Å². The zero-order valence-electron chi connectivity index (χ0n) is 20.6. The first-order chi connectivity index (χ1) is 15.6. The fourth-order valence-corrected chi connectivity index (χ4v) is 4.10. The fraction of sp³-hybridized carbons (Fsp3) is 0.680. The second-order valence-corrected chi connectivity index (χ2v) is 9.19. The van der Waals surface area contributed by atoms with Crippen LogP contribution in [0.2, 0.25) is 0 Å². The first kappa shape index (κ1) is 26.8. The van der Waals surface area contributed by atoms with Crippen molar-refractivity contribution in [2.45, 2.75) is 78.9 Å². The molecular weight excluding hydrogens is 426 g/mol. The number of carbonyl (C=O) groups is 3. The number of methoxy groups -OCH3 is 1. The van der Waals surface area contributed by atoms with Crippen LogP contribution in [0.5, 0.6) is 11.5 Å². The molecule has 0 aliphatic heterocycles. The molecular formula is C25H37NO7. The van der Waals surface area contributed by atoms with Gasteiger partial charge in [0.05, 0.1) is 19.1 Å². The van der Waals surface area contributed by atoms with Gasteiger partial charge in [-0.3, -0.25) is 14.4 Å². The minimum absolute atomic E-state index is 0.0465. The van der Waals surface area contributed by atoms with Crippen molar-refractivity contribution >= 4 is 17.7 Å². The highest BCUT2D eigenvalue weighted by Crippen LogP contribution is 2.33. The maximum atomic E-state index is 12.9. The summed E-state index contributed by atoms with van der Waals surface area (Å²) < 4.78 is 22.2. The minimum Gasteiger partial charge on any atom is -0.493 e. The normalized spacial score (nSPS) is 16.8. The van der Waals surface area contributed by atoms with Gasteiger partial charge in [-0.15, -0.1) is 0 Å². The smallest absolute Gasteiger partial charge is 0.309 e. The van der Waals surface area contributed by atoms with Crippen LogP contribution in [0.4, 0.5) is 0 Å². The average molecular weight is 464 g/mol. The van der Waals surface area contributed by atoms with Crippen molar-refractivity contribution in [2.75, 3.05) is 13.7 Å². The molecule has 1 aliphatic rings. The van der Waals surface area contributed by atoms with Crippen molar-refractivity contribution in [2.24, 2.45) is 17.8 Å². The van der Waals surface area contributed by atoms with E-state index in [1.165, 1.54) is 26.3 Å². The van der Waals surface area contributed by atoms with Crippen LogP contribution in [0.1, 0.15) is 77.2 Å². The van der Waals surface area contributed by atoms with Crippen LogP contribution in [-0.4, -0.2) is 48.6 Å². The summed E-state index contributed by atoms with van der Waals surface area (Å²) in [6.45, 7) is 9.51. The summed E-state index contributed by atoms with van der Waals surface area (Å²) in [6.07, 6.45) is 5.15. The van der Waals surface area contributed by atoms with E-state index in [2.05, 4.69) is 18.8 Å². The average Bonchev–Trinajstić information content (AvgIpc) is 3.27. The summed E-state index contributed by atoms with van der Waals surface area (Å²) in [4.78, 5) is 41.2. The summed E-state index contributed by atoms with van der Waals surface area (Å²) in [6, 6.07) is 1.49. The predicted octanol–water partition coefficient (Wildman–Crippen LogP) is 4.39. The van der Waals surface area contributed by atoms with Gasteiger partial charge in [0.15, 0.2) is 17.2 Å². The maximum absolute atomic E-state index is 12.9. The molecule has 0 radical (unpaired) electrons. The van der Waals surface area contributed by atoms with Gasteiger partial charge in [-0.1, -0.05) is 33.6 Å². The third-order valence-corrected chi connectivity index (χ3v) is 5.74. The lowest BCUT2D eigenvalue weighted by atomic mass is 9.96. The summed E-state index contributed by atoms with van der Waals surface area (Å²) >= 11 is 0. The van der Waals surface area contributed by atoms with Gasteiger partial charge >= 0.3 is 11.9 Å². The standard InChI is InChI=1S/C25H37NO7/c1-15(2)14-31-23(19-9-7-8-10-19)17(4)32-25(29)16(3)13-20(28)22-24(33-18(5)27)21(30-6)11-12-26-22/h11-12,15-17,19,23H,7-10,13-14H2,1-6H3/t16-,17+,23+/m1/s1. The van der Waals surface area contributed by atoms with E-state index in [9.17, 15) is 14.4 Å². The Morgan fingerprint density at radius 2 is 1.79 bits per heavy atom. The van der Waals surface area contributed by atoms with E-state index in [0.29, 0.717) is 18.4 Å². The van der Waals surface area contributed by atoms with E-state index < -0.39 is 29.7 Å². The van der Waals surface area contributed by atoms with E-state index in [0.717, 1.165) is 25.7 Å². The summed E-state index contributed by atoms with van der Waals surface area (Å²) in [5.74, 6) is -1.28. The van der Waals surface area contributed by atoms with Gasteiger partial charge in [0.25, 0.3) is 0 Å². The van der Waals surface area contributed by atoms with E-state index in [1.54, 1.807) is 6.92 Å². The quantitative estimate of drug-likeness (QED) is 0.332. The molecule has 0 N–H and O–H groups in total. The third kappa shape index (κ3) is 7.81. The first-order valence-corrected chi connectivity index (χ1v) is 11.7. The molecule has 0 bridgehead atoms. The van der Waals surface area contributed by atoms with E-state index >= 15 is 0 Å². The van der Waals surface area contributed by atoms with Crippen molar-refractivity contribution in [1.82, 2.24) is 4.98 Å². The molecule has 0 spiro atoms. The number of pyridine rings is 1. The second-order valence-electron chi connectivity index (χ2n) is 9.19. The largest absolute Gasteiger partial charge is 0.493 e. The highest BCUT2D eigenvalue weighted by Gasteiger charge is 2.34. The maximum Gasteiger partial charge on any atom is 0.309 e. The van der Waals surface area contributed by atoms with Crippen LogP contribution in [0, 0.1) is 17.8 Å². The second kappa shape index (κ2) is 12.7. The minimum atomic E-state index is -0.701. The number of Topliss-reactive ketones (excluding diaryl/α,β-unsaturated/α-hetero) is 1. The molecule has 184 valence electrons. The van der Waals surface area contributed by atoms with E-state index in [4.69, 9.17) is 18.9 Å². The summed E-state index contributed by atoms with van der Waals surface area (Å²) in [5.41, 5.74) is -0.0543. The van der Waals surface area contributed by atoms with Crippen molar-refractivity contribution < 1.29 is 33.3 Å². The summed E-state index contributed by atoms with van der Waals surface area (Å²) in [7, 11) is 1.40. The van der Waals surface area contributed by atoms with Crippen LogP contribution in [0.15, 0.2) is 12.3 Å². The Balaban J connectivity index is 2.05. The first-order valence-electron chi connectivity index (χ1n) is 11.7. The molecule has 3 atom stereocenters. The Kier molecular flexibility index (Phi) is 10.3. The zero-order valence-corrected chi connectivity index (χ0v) is 20.6. The number of ketones is 1. The third-order valence-electron chi connectivity index (χ3n) is 5.74. The highest BCUT2D eigenvalue weighted by molar-refractivity contribution is 5.99. The Morgan fingerprint density at radius 1 is 1.12 bits per heavy atom. The number of aromatic nitrogens is 1. The van der Waals surface area contributed by atoms with Gasteiger partial charge in [0.2, 0.25) is 5.75 Å². The van der Waals surface area contributed by atoms with Crippen LogP contribution >= 0.6 is 0 Å². The van der Waals surface area contributed by atoms with Gasteiger partial charge in [-0.05, 0) is 31.6 Å². The number of rotatable bonds is 12. The SMILES string of the molecule is COc1ccnc(C(=O)C[C@@H](C)C(=O)O[C@@H](C)[C@H](OCC(C)C)C2CCCC2)c1OC(C)=O. The van der Waals surface area contributed by atoms with Crippen LogP contribution in [0.25, 0.3) is 0 Å². The monoisotopic (exact) mass is 463 g/mol. The lowest BCUT2D eigenvalue weighted by Gasteiger charge is -2.30. The number of ether oxygens (including phenoxy) is 4. The van der Waals surface area contributed by atoms with Gasteiger partial charge < -0.3 is 18.9 Å². The topological polar surface area (TPSA) is 101 Å². The lowest BCUT2D eigenvalue weighted by molar-refractivity contribution is -0.164. The Labute approximate surface area is 196 Å². The Morgan fingerprint density at radius 3 is 2.36 bits per heavy atom. The van der Waals surface area contributed by atoms with Gasteiger partial charge in [-0.2, -0.15) is 0 Å². The van der Waals surface area contributed by atoms with Crippen molar-refractivity contribution in [3.63, 3.8) is 0 Å². The van der Waals surface area contributed by atoms with Crippen molar-refractivity contribution in [3.8, 4) is 11.5 Å². The Hall–Kier alpha value is -2.48. The molecule has 0 unspecified atom stereocenters. The van der Waals surface area contributed by atoms with Gasteiger partial charge in [-0.25, -0.2) is 4.98 Å². The lowest BCUT2D eigenvalue weighted by Crippen LogP contribution is -2.38. The van der Waals surface area contributed by atoms with Gasteiger partial charge in [0.1, 0.15) is 6.10 Å². The number of hydrogen-bond donors (Lipinski definition) is 0. The van der Waals surface area contributed by atoms with Crippen molar-refractivity contribution in [1.29, 1.82) is 0 Å². The number of nitrogens with zero attached hydrogens (tertiary/aromatic N) is 1. The molecule has 1 saturated carbocycles. The van der Waals surface area contributed by atoms with Crippen molar-refractivity contribution in [3.05, 3.63) is 18.0 Å². The molecule has 0 amide bonds. The predicted molar refractivity (Wildman–Crippen MR) is 122 cm³/mol. The number of hydrogen-bond acceptors (Lipinski definition) is 8. The van der Waals surface area contributed by atoms with E-state index in [-0.39, 0.29) is 29.7 Å². The molecule has 1 aromatic rings. The van der Waals surface area contributed by atoms with Crippen LogP contribution < -0.4 is 9.47 Å². The van der Waals surface area contributed by atoms with E-state index in [1.807, 2.05) is 6.92 Å². The molecule has 33 heavy (non-hydrogen) atoms. The molecule has 0 aromatic carbocycles. The highest BCUT2D eigenvalue weighted by atomic mass is 16.6. The molecule has 8 heteroatoms. The van der Waals surface area contributed by atoms with Gasteiger partial charge in [0, 0.05) is 32.2 Å². The number of esters is 2. The number of carbonyl (C=O) groups excluding carboxylic acids is 3. The van der Waals surface area contributed by atoms with Crippen LogP contribution in [0.3, 0.4) is 0 Å². The zero-order chi connectivity index (χ0) is 24.5. The molecule has 8 nitrogen and oxygen atoms in total. The molecule has 1 fully saturated rings. The molecule has 2 rings (SSSR count). The Bertz CT molecular complexity index is 817. The molecule has 1 aliphatic carbocycles.